The number of anilines is 1. The summed E-state index contributed by atoms with van der Waals surface area (Å²) in [4.78, 5) is 14.5. The molecule has 0 aliphatic carbocycles. The van der Waals surface area contributed by atoms with Crippen LogP contribution in [0.25, 0.3) is 0 Å². The lowest BCUT2D eigenvalue weighted by Gasteiger charge is -2.20. The summed E-state index contributed by atoms with van der Waals surface area (Å²) in [7, 11) is 0. The van der Waals surface area contributed by atoms with E-state index >= 15 is 0 Å². The van der Waals surface area contributed by atoms with Gasteiger partial charge < -0.3 is 4.74 Å². The lowest BCUT2D eigenvalue weighted by Crippen LogP contribution is -2.30. The number of hydrogen-bond donors (Lipinski definition) is 0. The Kier molecular flexibility index (Phi) is 6.22. The van der Waals surface area contributed by atoms with Gasteiger partial charge in [-0.15, -0.1) is 22.0 Å². The van der Waals surface area contributed by atoms with Crippen LogP contribution in [0.2, 0.25) is 15.1 Å². The normalized spacial score (nSPS) is 19.0. The van der Waals surface area contributed by atoms with Gasteiger partial charge in [0.05, 0.1) is 15.3 Å². The van der Waals surface area contributed by atoms with Crippen molar-refractivity contribution in [1.82, 2.24) is 10.2 Å². The Balaban J connectivity index is 1.54. The topological polar surface area (TPSA) is 55.3 Å². The van der Waals surface area contributed by atoms with Crippen LogP contribution in [0.5, 0.6) is 5.75 Å². The van der Waals surface area contributed by atoms with E-state index in [1.165, 1.54) is 11.3 Å². The third-order valence-electron chi connectivity index (χ3n) is 4.20. The zero-order valence-corrected chi connectivity index (χ0v) is 18.9. The van der Waals surface area contributed by atoms with Crippen LogP contribution in [0, 0.1) is 0 Å². The van der Waals surface area contributed by atoms with Crippen LogP contribution < -0.4 is 9.64 Å². The second-order valence-electron chi connectivity index (χ2n) is 6.22. The van der Waals surface area contributed by atoms with Crippen LogP contribution in [0.15, 0.2) is 42.5 Å². The highest BCUT2D eigenvalue weighted by atomic mass is 35.5. The quantitative estimate of drug-likeness (QED) is 0.427. The monoisotopic (exact) mass is 485 g/mol. The minimum Gasteiger partial charge on any atom is -0.483 e. The molecule has 2 atom stereocenters. The van der Waals surface area contributed by atoms with Crippen molar-refractivity contribution in [1.29, 1.82) is 0 Å². The minimum absolute atomic E-state index is 0.0104. The van der Waals surface area contributed by atoms with Gasteiger partial charge in [0.25, 0.3) is 0 Å². The van der Waals surface area contributed by atoms with Crippen LogP contribution in [0.1, 0.15) is 22.9 Å². The van der Waals surface area contributed by atoms with Gasteiger partial charge in [-0.05, 0) is 24.6 Å². The molecule has 1 aliphatic heterocycles. The molecule has 1 aromatic heterocycles. The maximum atomic E-state index is 12.8. The number of halogens is 3. The van der Waals surface area contributed by atoms with Gasteiger partial charge in [-0.3, -0.25) is 9.69 Å². The van der Waals surface area contributed by atoms with Crippen molar-refractivity contribution in [3.8, 4) is 5.75 Å². The number of hydrogen-bond acceptors (Lipinski definition) is 6. The fourth-order valence-electron chi connectivity index (χ4n) is 2.86. The predicted octanol–water partition coefficient (Wildman–Crippen LogP) is 6.24. The van der Waals surface area contributed by atoms with Crippen LogP contribution in [-0.4, -0.2) is 21.4 Å². The molecule has 5 nitrogen and oxygen atoms in total. The zero-order valence-electron chi connectivity index (χ0n) is 15.0. The number of amides is 1. The SMILES string of the molecule is CC1SC(c2ccccc2)N(c2nnc(COc3c(Cl)cc(Cl)cc3Cl)s2)C1=O. The Bertz CT molecular complexity index is 1030. The van der Waals surface area contributed by atoms with Gasteiger partial charge in [-0.1, -0.05) is 76.5 Å². The molecule has 1 amide bonds. The molecule has 29 heavy (non-hydrogen) atoms. The molecule has 1 saturated heterocycles. The molecule has 0 spiro atoms. The highest BCUT2D eigenvalue weighted by Crippen LogP contribution is 2.46. The lowest BCUT2D eigenvalue weighted by atomic mass is 10.2. The standard InChI is InChI=1S/C19H14Cl3N3O2S2/c1-10-17(26)25(18(28-10)11-5-3-2-4-6-11)19-24-23-15(29-19)9-27-16-13(21)7-12(20)8-14(16)22/h2-8,10,18H,9H2,1H3. The average molecular weight is 487 g/mol. The number of carbonyl (C=O) groups is 1. The number of thioether (sulfide) groups is 1. The Hall–Kier alpha value is -1.51. The molecule has 150 valence electrons. The summed E-state index contributed by atoms with van der Waals surface area (Å²) in [5, 5.41) is 10.3. The van der Waals surface area contributed by atoms with E-state index in [4.69, 9.17) is 39.5 Å². The van der Waals surface area contributed by atoms with E-state index in [1.54, 1.807) is 28.8 Å². The Morgan fingerprint density at radius 3 is 2.48 bits per heavy atom. The number of rotatable bonds is 5. The molecule has 1 fully saturated rings. The molecule has 4 rings (SSSR count). The second kappa shape index (κ2) is 8.70. The summed E-state index contributed by atoms with van der Waals surface area (Å²) >= 11 is 21.1. The number of carbonyl (C=O) groups excluding carboxylic acids is 1. The molecule has 2 aromatic carbocycles. The lowest BCUT2D eigenvalue weighted by molar-refractivity contribution is -0.117. The van der Waals surface area contributed by atoms with Gasteiger partial charge in [-0.25, -0.2) is 0 Å². The summed E-state index contributed by atoms with van der Waals surface area (Å²) < 4.78 is 5.72. The number of ether oxygens (including phenoxy) is 1. The van der Waals surface area contributed by atoms with Crippen LogP contribution in [-0.2, 0) is 11.4 Å². The van der Waals surface area contributed by atoms with Gasteiger partial charge in [0.1, 0.15) is 12.0 Å². The van der Waals surface area contributed by atoms with Crippen molar-refractivity contribution in [2.24, 2.45) is 0 Å². The molecular formula is C19H14Cl3N3O2S2. The van der Waals surface area contributed by atoms with Crippen molar-refractivity contribution in [3.63, 3.8) is 0 Å². The Morgan fingerprint density at radius 1 is 1.10 bits per heavy atom. The molecule has 2 unspecified atom stereocenters. The van der Waals surface area contributed by atoms with E-state index in [-0.39, 0.29) is 23.1 Å². The molecule has 3 aromatic rings. The summed E-state index contributed by atoms with van der Waals surface area (Å²) in [6, 6.07) is 13.0. The first kappa shape index (κ1) is 20.8. The summed E-state index contributed by atoms with van der Waals surface area (Å²) in [6.07, 6.45) is 0. The number of benzene rings is 2. The van der Waals surface area contributed by atoms with E-state index in [0.717, 1.165) is 5.56 Å². The molecular weight excluding hydrogens is 473 g/mol. The predicted molar refractivity (Wildman–Crippen MR) is 119 cm³/mol. The first-order chi connectivity index (χ1) is 13.9. The molecule has 0 saturated carbocycles. The smallest absolute Gasteiger partial charge is 0.242 e. The van der Waals surface area contributed by atoms with E-state index < -0.39 is 0 Å². The van der Waals surface area contributed by atoms with Crippen LogP contribution >= 0.6 is 57.9 Å². The maximum absolute atomic E-state index is 12.8. The zero-order chi connectivity index (χ0) is 20.5. The highest BCUT2D eigenvalue weighted by molar-refractivity contribution is 8.01. The molecule has 0 bridgehead atoms. The van der Waals surface area contributed by atoms with Crippen molar-refractivity contribution >= 4 is 68.9 Å². The third-order valence-corrected chi connectivity index (χ3v) is 7.23. The summed E-state index contributed by atoms with van der Waals surface area (Å²) in [5.74, 6) is 0.342. The minimum atomic E-state index is -0.157. The Morgan fingerprint density at radius 2 is 1.79 bits per heavy atom. The largest absolute Gasteiger partial charge is 0.483 e. The number of nitrogens with zero attached hydrogens (tertiary/aromatic N) is 3. The van der Waals surface area contributed by atoms with E-state index in [2.05, 4.69) is 10.2 Å². The summed E-state index contributed by atoms with van der Waals surface area (Å²) in [6.45, 7) is 2.03. The first-order valence-electron chi connectivity index (χ1n) is 8.57. The molecule has 2 heterocycles. The van der Waals surface area contributed by atoms with Gasteiger partial charge in [0, 0.05) is 5.02 Å². The average Bonchev–Trinajstić information content (AvgIpc) is 3.26. The maximum Gasteiger partial charge on any atom is 0.242 e. The summed E-state index contributed by atoms with van der Waals surface area (Å²) in [5.41, 5.74) is 1.04. The van der Waals surface area contributed by atoms with Gasteiger partial charge >= 0.3 is 0 Å². The fraction of sp³-hybridized carbons (Fsp3) is 0.211. The van der Waals surface area contributed by atoms with Gasteiger partial charge in [0.15, 0.2) is 10.8 Å². The number of aromatic nitrogens is 2. The van der Waals surface area contributed by atoms with Crippen molar-refractivity contribution < 1.29 is 9.53 Å². The first-order valence-corrected chi connectivity index (χ1v) is 11.5. The van der Waals surface area contributed by atoms with E-state index in [0.29, 0.717) is 31.0 Å². The molecule has 0 radical (unpaired) electrons. The molecule has 10 heteroatoms. The Labute approximate surface area is 190 Å². The fourth-order valence-corrected chi connectivity index (χ4v) is 5.90. The second-order valence-corrected chi connectivity index (χ2v) is 9.93. The van der Waals surface area contributed by atoms with E-state index in [9.17, 15) is 4.79 Å². The van der Waals surface area contributed by atoms with Crippen molar-refractivity contribution in [3.05, 3.63) is 68.1 Å². The van der Waals surface area contributed by atoms with E-state index in [1.807, 2.05) is 37.3 Å². The molecule has 0 N–H and O–H groups in total. The highest BCUT2D eigenvalue weighted by Gasteiger charge is 2.41. The molecule has 1 aliphatic rings. The van der Waals surface area contributed by atoms with Crippen LogP contribution in [0.3, 0.4) is 0 Å². The van der Waals surface area contributed by atoms with Gasteiger partial charge in [0.2, 0.25) is 11.0 Å². The van der Waals surface area contributed by atoms with Crippen molar-refractivity contribution in [2.45, 2.75) is 24.2 Å². The van der Waals surface area contributed by atoms with Crippen LogP contribution in [0.4, 0.5) is 5.13 Å². The third kappa shape index (κ3) is 4.34. The van der Waals surface area contributed by atoms with Gasteiger partial charge in [-0.2, -0.15) is 0 Å². The van der Waals surface area contributed by atoms with Crippen molar-refractivity contribution in [2.75, 3.05) is 4.90 Å².